The summed E-state index contributed by atoms with van der Waals surface area (Å²) in [5.41, 5.74) is 0.617. The maximum absolute atomic E-state index is 7.49. The number of ether oxygens (including phenoxy) is 2. The van der Waals surface area contributed by atoms with Crippen LogP contribution in [-0.4, -0.2) is 25.1 Å². The van der Waals surface area contributed by atoms with Crippen LogP contribution in [0.15, 0.2) is 21.1 Å². The highest BCUT2D eigenvalue weighted by Gasteiger charge is 2.16. The minimum Gasteiger partial charge on any atom is -0.492 e. The first kappa shape index (κ1) is 17.2. The monoisotopic (exact) mass is 404 g/mol. The molecule has 0 spiro atoms. The zero-order valence-electron chi connectivity index (χ0n) is 11.5. The molecular formula is C14H18Br2N2O2. The topological polar surface area (TPSA) is 66.2 Å². The molecule has 6 heteroatoms. The van der Waals surface area contributed by atoms with Gasteiger partial charge >= 0.3 is 0 Å². The van der Waals surface area contributed by atoms with E-state index < -0.39 is 0 Å². The van der Waals surface area contributed by atoms with Gasteiger partial charge in [-0.25, -0.2) is 0 Å². The van der Waals surface area contributed by atoms with E-state index >= 15 is 0 Å². The SMILES string of the molecule is COc1c(Br)cc(Br)cc1OC(CC=N)CCC(C)=N. The van der Waals surface area contributed by atoms with E-state index in [9.17, 15) is 0 Å². The van der Waals surface area contributed by atoms with E-state index in [1.165, 1.54) is 6.21 Å². The van der Waals surface area contributed by atoms with E-state index in [2.05, 4.69) is 31.9 Å². The van der Waals surface area contributed by atoms with Crippen LogP contribution in [-0.2, 0) is 0 Å². The molecule has 0 bridgehead atoms. The van der Waals surface area contributed by atoms with E-state index in [1.54, 1.807) is 14.0 Å². The Morgan fingerprint density at radius 3 is 2.65 bits per heavy atom. The molecular weight excluding hydrogens is 388 g/mol. The van der Waals surface area contributed by atoms with Gasteiger partial charge in [0, 0.05) is 16.6 Å². The first-order valence-electron chi connectivity index (χ1n) is 6.20. The maximum atomic E-state index is 7.49. The fourth-order valence-corrected chi connectivity index (χ4v) is 3.08. The van der Waals surface area contributed by atoms with Gasteiger partial charge in [-0.1, -0.05) is 15.9 Å². The molecule has 1 aromatic carbocycles. The Bertz CT molecular complexity index is 492. The summed E-state index contributed by atoms with van der Waals surface area (Å²) in [7, 11) is 1.59. The maximum Gasteiger partial charge on any atom is 0.175 e. The normalized spacial score (nSPS) is 11.8. The number of halogens is 2. The summed E-state index contributed by atoms with van der Waals surface area (Å²) < 4.78 is 13.0. The van der Waals surface area contributed by atoms with Gasteiger partial charge in [0.2, 0.25) is 0 Å². The summed E-state index contributed by atoms with van der Waals surface area (Å²) in [6.07, 6.45) is 3.08. The first-order valence-corrected chi connectivity index (χ1v) is 7.79. The molecule has 0 aromatic heterocycles. The molecule has 0 amide bonds. The van der Waals surface area contributed by atoms with Gasteiger partial charge in [0.05, 0.1) is 11.6 Å². The Labute approximate surface area is 136 Å². The van der Waals surface area contributed by atoms with Crippen LogP contribution < -0.4 is 9.47 Å². The number of rotatable bonds is 8. The van der Waals surface area contributed by atoms with Crippen LogP contribution in [0.3, 0.4) is 0 Å². The van der Waals surface area contributed by atoms with Crippen molar-refractivity contribution in [1.82, 2.24) is 0 Å². The highest BCUT2D eigenvalue weighted by atomic mass is 79.9. The van der Waals surface area contributed by atoms with E-state index in [-0.39, 0.29) is 6.10 Å². The second-order valence-electron chi connectivity index (χ2n) is 4.42. The lowest BCUT2D eigenvalue weighted by atomic mass is 10.1. The molecule has 20 heavy (non-hydrogen) atoms. The van der Waals surface area contributed by atoms with Crippen molar-refractivity contribution < 1.29 is 9.47 Å². The minimum atomic E-state index is -0.136. The summed E-state index contributed by atoms with van der Waals surface area (Å²) in [5, 5.41) is 14.8. The van der Waals surface area contributed by atoms with Crippen molar-refractivity contribution >= 4 is 43.8 Å². The zero-order valence-corrected chi connectivity index (χ0v) is 14.7. The number of nitrogens with one attached hydrogen (secondary N) is 2. The third-order valence-electron chi connectivity index (χ3n) is 2.69. The average molecular weight is 406 g/mol. The standard InChI is InChI=1S/C14H18Br2N2O2/c1-9(18)3-4-11(5-6-17)20-13-8-10(15)7-12(16)14(13)19-2/h6-8,11,17-18H,3-5H2,1-2H3. The number of methoxy groups -OCH3 is 1. The second kappa shape index (κ2) is 8.42. The third kappa shape index (κ3) is 5.25. The number of hydrogen-bond acceptors (Lipinski definition) is 4. The van der Waals surface area contributed by atoms with Gasteiger partial charge in [0.25, 0.3) is 0 Å². The van der Waals surface area contributed by atoms with Crippen LogP contribution in [0.2, 0.25) is 0 Å². The van der Waals surface area contributed by atoms with E-state index in [4.69, 9.17) is 20.3 Å². The summed E-state index contributed by atoms with van der Waals surface area (Å²) in [6, 6.07) is 3.73. The highest BCUT2D eigenvalue weighted by Crippen LogP contribution is 2.39. The molecule has 0 aliphatic rings. The molecule has 1 aromatic rings. The summed E-state index contributed by atoms with van der Waals surface area (Å²) in [6.45, 7) is 1.78. The molecule has 0 saturated heterocycles. The second-order valence-corrected chi connectivity index (χ2v) is 6.19. The lowest BCUT2D eigenvalue weighted by Gasteiger charge is -2.20. The number of benzene rings is 1. The van der Waals surface area contributed by atoms with Crippen LogP contribution in [0.4, 0.5) is 0 Å². The Kier molecular flexibility index (Phi) is 7.23. The van der Waals surface area contributed by atoms with E-state index in [0.29, 0.717) is 36.5 Å². The molecule has 2 N–H and O–H groups in total. The van der Waals surface area contributed by atoms with Gasteiger partial charge in [-0.05, 0) is 54.0 Å². The largest absolute Gasteiger partial charge is 0.492 e. The average Bonchev–Trinajstić information content (AvgIpc) is 2.35. The predicted octanol–water partition coefficient (Wildman–Crippen LogP) is 4.83. The van der Waals surface area contributed by atoms with Crippen LogP contribution >= 0.6 is 31.9 Å². The van der Waals surface area contributed by atoms with Crippen LogP contribution in [0.25, 0.3) is 0 Å². The minimum absolute atomic E-state index is 0.136. The Morgan fingerprint density at radius 1 is 1.40 bits per heavy atom. The molecule has 0 fully saturated rings. The number of hydrogen-bond donors (Lipinski definition) is 2. The van der Waals surface area contributed by atoms with Gasteiger partial charge in [-0.2, -0.15) is 0 Å². The third-order valence-corrected chi connectivity index (χ3v) is 3.74. The molecule has 0 saturated carbocycles. The van der Waals surface area contributed by atoms with Crippen LogP contribution in [0.1, 0.15) is 26.2 Å². The molecule has 1 atom stereocenters. The Hall–Kier alpha value is -0.880. The van der Waals surface area contributed by atoms with Gasteiger partial charge < -0.3 is 20.3 Å². The van der Waals surface area contributed by atoms with Gasteiger partial charge in [-0.3, -0.25) is 0 Å². The van der Waals surface area contributed by atoms with Crippen molar-refractivity contribution in [3.8, 4) is 11.5 Å². The molecule has 110 valence electrons. The predicted molar refractivity (Wildman–Crippen MR) is 88.8 cm³/mol. The van der Waals surface area contributed by atoms with Crippen molar-refractivity contribution in [2.45, 2.75) is 32.3 Å². The lowest BCUT2D eigenvalue weighted by Crippen LogP contribution is -2.18. The van der Waals surface area contributed by atoms with Crippen molar-refractivity contribution in [1.29, 1.82) is 10.8 Å². The smallest absolute Gasteiger partial charge is 0.175 e. The van der Waals surface area contributed by atoms with Crippen molar-refractivity contribution in [2.24, 2.45) is 0 Å². The summed E-state index contributed by atoms with van der Waals surface area (Å²) >= 11 is 6.86. The fraction of sp³-hybridized carbons (Fsp3) is 0.429. The molecule has 0 aliphatic carbocycles. The van der Waals surface area contributed by atoms with Gasteiger partial charge in [-0.15, -0.1) is 0 Å². The van der Waals surface area contributed by atoms with Gasteiger partial charge in [0.15, 0.2) is 11.5 Å². The van der Waals surface area contributed by atoms with Crippen LogP contribution in [0, 0.1) is 10.8 Å². The van der Waals surface area contributed by atoms with E-state index in [1.807, 2.05) is 12.1 Å². The molecule has 1 unspecified atom stereocenters. The van der Waals surface area contributed by atoms with Crippen molar-refractivity contribution in [2.75, 3.05) is 7.11 Å². The highest BCUT2D eigenvalue weighted by molar-refractivity contribution is 9.11. The summed E-state index contributed by atoms with van der Waals surface area (Å²) in [4.78, 5) is 0. The molecule has 0 aliphatic heterocycles. The fourth-order valence-electron chi connectivity index (χ4n) is 1.74. The molecule has 1 rings (SSSR count). The quantitative estimate of drug-likeness (QED) is 0.608. The van der Waals surface area contributed by atoms with Crippen molar-refractivity contribution in [3.05, 3.63) is 21.1 Å². The lowest BCUT2D eigenvalue weighted by molar-refractivity contribution is 0.193. The molecule has 0 heterocycles. The Balaban J connectivity index is 2.91. The van der Waals surface area contributed by atoms with E-state index in [0.717, 1.165) is 8.95 Å². The zero-order chi connectivity index (χ0) is 15.1. The van der Waals surface area contributed by atoms with Gasteiger partial charge in [0.1, 0.15) is 6.10 Å². The van der Waals surface area contributed by atoms with Crippen LogP contribution in [0.5, 0.6) is 11.5 Å². The van der Waals surface area contributed by atoms with Crippen molar-refractivity contribution in [3.63, 3.8) is 0 Å². The first-order chi connectivity index (χ1) is 9.47. The Morgan fingerprint density at radius 2 is 2.10 bits per heavy atom. The summed E-state index contributed by atoms with van der Waals surface area (Å²) in [5.74, 6) is 1.26. The molecule has 4 nitrogen and oxygen atoms in total. The molecule has 0 radical (unpaired) electrons.